The summed E-state index contributed by atoms with van der Waals surface area (Å²) in [6.45, 7) is 1.81. The minimum atomic E-state index is -0.232. The van der Waals surface area contributed by atoms with Gasteiger partial charge < -0.3 is 15.0 Å². The lowest BCUT2D eigenvalue weighted by Gasteiger charge is -2.20. The van der Waals surface area contributed by atoms with E-state index in [2.05, 4.69) is 27.4 Å². The highest BCUT2D eigenvalue weighted by Crippen LogP contribution is 2.41. The second-order valence-electron chi connectivity index (χ2n) is 6.37. The van der Waals surface area contributed by atoms with Gasteiger partial charge in [0.2, 0.25) is 0 Å². The maximum Gasteiger partial charge on any atom is 0.274 e. The van der Waals surface area contributed by atoms with Gasteiger partial charge in [-0.3, -0.25) is 4.79 Å². The van der Waals surface area contributed by atoms with Crippen LogP contribution < -0.4 is 5.32 Å². The number of carbonyl (C=O) groups excluding carboxylic acids is 1. The summed E-state index contributed by atoms with van der Waals surface area (Å²) in [4.78, 5) is 24.1. The van der Waals surface area contributed by atoms with Crippen LogP contribution in [0.5, 0.6) is 0 Å². The molecule has 2 heterocycles. The number of imidazole rings is 1. The first-order valence-corrected chi connectivity index (χ1v) is 8.61. The van der Waals surface area contributed by atoms with Gasteiger partial charge in [-0.25, -0.2) is 9.98 Å². The highest BCUT2D eigenvalue weighted by Gasteiger charge is 2.30. The minimum Gasteiger partial charge on any atom is -0.501 e. The number of nitrogens with one attached hydrogen (secondary N) is 2. The van der Waals surface area contributed by atoms with Crippen LogP contribution in [0.25, 0.3) is 5.57 Å². The number of amides is 1. The van der Waals surface area contributed by atoms with Crippen molar-refractivity contribution in [2.45, 2.75) is 26.2 Å². The zero-order valence-electron chi connectivity index (χ0n) is 14.8. The molecule has 0 atom stereocenters. The number of benzene rings is 1. The lowest BCUT2D eigenvalue weighted by molar-refractivity contribution is 0.0972. The molecule has 0 unspecified atom stereocenters. The van der Waals surface area contributed by atoms with Crippen LogP contribution in [0.15, 0.2) is 58.6 Å². The quantitative estimate of drug-likeness (QED) is 0.893. The van der Waals surface area contributed by atoms with Crippen LogP contribution in [-0.4, -0.2) is 28.8 Å². The number of hydrogen-bond donors (Lipinski definition) is 2. The second-order valence-corrected chi connectivity index (χ2v) is 6.37. The molecule has 4 rings (SSSR count). The third-order valence-electron chi connectivity index (χ3n) is 4.68. The first-order chi connectivity index (χ1) is 12.7. The van der Waals surface area contributed by atoms with E-state index >= 15 is 0 Å². The van der Waals surface area contributed by atoms with Crippen molar-refractivity contribution in [3.63, 3.8) is 0 Å². The Bertz CT molecular complexity index is 951. The third-order valence-corrected chi connectivity index (χ3v) is 4.68. The average Bonchev–Trinajstić information content (AvgIpc) is 3.27. The van der Waals surface area contributed by atoms with Crippen LogP contribution >= 0.6 is 0 Å². The Hall–Kier alpha value is -3.15. The van der Waals surface area contributed by atoms with Crippen LogP contribution in [-0.2, 0) is 4.74 Å². The Labute approximate surface area is 151 Å². The van der Waals surface area contributed by atoms with Gasteiger partial charge in [0.15, 0.2) is 0 Å². The molecule has 1 aliphatic carbocycles. The lowest BCUT2D eigenvalue weighted by atomic mass is 9.89. The van der Waals surface area contributed by atoms with Crippen molar-refractivity contribution in [3.05, 3.63) is 70.6 Å². The Morgan fingerprint density at radius 2 is 2.00 bits per heavy atom. The molecule has 6 nitrogen and oxygen atoms in total. The summed E-state index contributed by atoms with van der Waals surface area (Å²) in [5.74, 6) is 2.06. The fraction of sp³-hybridized carbons (Fsp3) is 0.250. The van der Waals surface area contributed by atoms with Gasteiger partial charge in [-0.15, -0.1) is 0 Å². The Balaban J connectivity index is 1.68. The highest BCUT2D eigenvalue weighted by molar-refractivity contribution is 6.08. The SMILES string of the molecule is COC1=C2CC(NC(=O)c3cnc(C)[nH]3)=NC2=C(c2ccccc2)CC1. The summed E-state index contributed by atoms with van der Waals surface area (Å²) in [5, 5.41) is 2.90. The van der Waals surface area contributed by atoms with E-state index in [4.69, 9.17) is 9.73 Å². The van der Waals surface area contributed by atoms with Crippen molar-refractivity contribution in [2.75, 3.05) is 7.11 Å². The molecule has 0 bridgehead atoms. The van der Waals surface area contributed by atoms with Gasteiger partial charge in [0.25, 0.3) is 5.91 Å². The highest BCUT2D eigenvalue weighted by atomic mass is 16.5. The number of aliphatic imine (C=N–C) groups is 1. The number of amidine groups is 1. The minimum absolute atomic E-state index is 0.232. The zero-order valence-corrected chi connectivity index (χ0v) is 14.8. The van der Waals surface area contributed by atoms with Gasteiger partial charge in [-0.1, -0.05) is 30.3 Å². The van der Waals surface area contributed by atoms with Crippen molar-refractivity contribution >= 4 is 17.3 Å². The molecule has 6 heteroatoms. The molecule has 1 aromatic carbocycles. The average molecular weight is 348 g/mol. The standard InChI is InChI=1S/C20H20N4O2/c1-12-21-11-16(22-12)20(25)24-18-10-15-17(26-2)9-8-14(19(15)23-18)13-6-4-3-5-7-13/h3-7,11H,8-10H2,1-2H3,(H,21,22)(H,23,24,25). The Morgan fingerprint density at radius 1 is 1.19 bits per heavy atom. The summed E-state index contributed by atoms with van der Waals surface area (Å²) in [5.41, 5.74) is 4.78. The molecule has 0 fully saturated rings. The van der Waals surface area contributed by atoms with E-state index in [-0.39, 0.29) is 5.91 Å². The third kappa shape index (κ3) is 2.94. The van der Waals surface area contributed by atoms with E-state index in [0.717, 1.165) is 35.4 Å². The molecule has 2 aromatic rings. The number of fused-ring (bicyclic) bond motifs is 1. The van der Waals surface area contributed by atoms with Crippen molar-refractivity contribution in [1.82, 2.24) is 15.3 Å². The lowest BCUT2D eigenvalue weighted by Crippen LogP contribution is -2.29. The summed E-state index contributed by atoms with van der Waals surface area (Å²) in [7, 11) is 1.69. The number of aryl methyl sites for hydroxylation is 1. The monoisotopic (exact) mass is 348 g/mol. The molecule has 0 saturated carbocycles. The van der Waals surface area contributed by atoms with Crippen molar-refractivity contribution in [3.8, 4) is 0 Å². The number of allylic oxidation sites excluding steroid dienone is 3. The number of nitrogens with zero attached hydrogens (tertiary/aromatic N) is 2. The first kappa shape index (κ1) is 16.3. The van der Waals surface area contributed by atoms with Gasteiger partial charge in [-0.2, -0.15) is 0 Å². The molecule has 2 N–H and O–H groups in total. The number of hydrogen-bond acceptors (Lipinski definition) is 4. The number of aromatic amines is 1. The van der Waals surface area contributed by atoms with Gasteiger partial charge in [0.1, 0.15) is 23.1 Å². The van der Waals surface area contributed by atoms with E-state index in [1.54, 1.807) is 7.11 Å². The molecular weight excluding hydrogens is 328 g/mol. The predicted molar refractivity (Wildman–Crippen MR) is 99.5 cm³/mol. The van der Waals surface area contributed by atoms with Crippen LogP contribution in [0.3, 0.4) is 0 Å². The summed E-state index contributed by atoms with van der Waals surface area (Å²) >= 11 is 0. The molecule has 0 radical (unpaired) electrons. The molecular formula is C20H20N4O2. The van der Waals surface area contributed by atoms with E-state index in [9.17, 15) is 4.79 Å². The fourth-order valence-corrected chi connectivity index (χ4v) is 3.43. The molecule has 1 amide bonds. The van der Waals surface area contributed by atoms with E-state index < -0.39 is 0 Å². The van der Waals surface area contributed by atoms with Gasteiger partial charge in [0.05, 0.1) is 19.0 Å². The zero-order chi connectivity index (χ0) is 18.1. The van der Waals surface area contributed by atoms with Crippen molar-refractivity contribution in [2.24, 2.45) is 4.99 Å². The van der Waals surface area contributed by atoms with Gasteiger partial charge in [0, 0.05) is 18.4 Å². The number of aromatic nitrogens is 2. The van der Waals surface area contributed by atoms with Gasteiger partial charge >= 0.3 is 0 Å². The molecule has 0 saturated heterocycles. The number of carbonyl (C=O) groups is 1. The van der Waals surface area contributed by atoms with Crippen LogP contribution in [0, 0.1) is 6.92 Å². The summed E-state index contributed by atoms with van der Waals surface area (Å²) < 4.78 is 5.57. The maximum absolute atomic E-state index is 12.4. The summed E-state index contributed by atoms with van der Waals surface area (Å²) in [6.07, 6.45) is 3.81. The molecule has 1 aliphatic heterocycles. The number of ether oxygens (including phenoxy) is 1. The molecule has 0 spiro atoms. The molecule has 26 heavy (non-hydrogen) atoms. The normalized spacial score (nSPS) is 16.5. The Kier molecular flexibility index (Phi) is 4.16. The van der Waals surface area contributed by atoms with Crippen LogP contribution in [0.2, 0.25) is 0 Å². The summed E-state index contributed by atoms with van der Waals surface area (Å²) in [6, 6.07) is 10.2. The fourth-order valence-electron chi connectivity index (χ4n) is 3.43. The topological polar surface area (TPSA) is 79.4 Å². The largest absolute Gasteiger partial charge is 0.501 e. The molecule has 2 aliphatic rings. The van der Waals surface area contributed by atoms with Crippen molar-refractivity contribution in [1.29, 1.82) is 0 Å². The first-order valence-electron chi connectivity index (χ1n) is 8.61. The Morgan fingerprint density at radius 3 is 2.69 bits per heavy atom. The number of methoxy groups -OCH3 is 1. The van der Waals surface area contributed by atoms with Crippen LogP contribution in [0.1, 0.15) is 41.1 Å². The second kappa shape index (κ2) is 6.63. The predicted octanol–water partition coefficient (Wildman–Crippen LogP) is 3.36. The molecule has 132 valence electrons. The van der Waals surface area contributed by atoms with Gasteiger partial charge in [-0.05, 0) is 24.5 Å². The number of H-pyrrole nitrogens is 1. The number of rotatable bonds is 3. The van der Waals surface area contributed by atoms with E-state index in [1.807, 2.05) is 25.1 Å². The van der Waals surface area contributed by atoms with E-state index in [0.29, 0.717) is 23.8 Å². The maximum atomic E-state index is 12.4. The molecule has 1 aromatic heterocycles. The van der Waals surface area contributed by atoms with Crippen molar-refractivity contribution < 1.29 is 9.53 Å². The van der Waals surface area contributed by atoms with E-state index in [1.165, 1.54) is 11.8 Å². The van der Waals surface area contributed by atoms with Crippen LogP contribution in [0.4, 0.5) is 0 Å². The smallest absolute Gasteiger partial charge is 0.274 e.